The summed E-state index contributed by atoms with van der Waals surface area (Å²) in [6, 6.07) is 0.0448. The molecule has 21 heavy (non-hydrogen) atoms. The number of hydrogen-bond donors (Lipinski definition) is 2. The molecular weight excluding hydrogens is 284 g/mol. The number of aryl methyl sites for hydroxylation is 1. The minimum absolute atomic E-state index is 0.0239. The Kier molecular flexibility index (Phi) is 4.31. The third-order valence-electron chi connectivity index (χ3n) is 4.59. The van der Waals surface area contributed by atoms with Crippen LogP contribution in [-0.2, 0) is 4.79 Å². The number of hydrogen-bond acceptors (Lipinski definition) is 4. The lowest BCUT2D eigenvalue weighted by Gasteiger charge is -2.32. The average Bonchev–Trinajstić information content (AvgIpc) is 3.18. The van der Waals surface area contributed by atoms with Gasteiger partial charge in [-0.05, 0) is 38.5 Å². The summed E-state index contributed by atoms with van der Waals surface area (Å²) in [5.74, 6) is 0.504. The van der Waals surface area contributed by atoms with E-state index >= 15 is 0 Å². The Bertz CT molecular complexity index is 504. The molecule has 0 aliphatic heterocycles. The lowest BCUT2D eigenvalue weighted by Crippen LogP contribution is -2.40. The topological polar surface area (TPSA) is 62.2 Å². The SMILES string of the molecule is Cc1csc(C(NC(=O)CC2(O)CCCCC2)C2CC2)n1. The molecule has 5 heteroatoms. The van der Waals surface area contributed by atoms with E-state index in [1.54, 1.807) is 11.3 Å². The van der Waals surface area contributed by atoms with Gasteiger partial charge in [0.25, 0.3) is 0 Å². The number of nitrogens with zero attached hydrogens (tertiary/aromatic N) is 1. The molecule has 0 spiro atoms. The van der Waals surface area contributed by atoms with Crippen LogP contribution in [0.1, 0.15) is 68.1 Å². The lowest BCUT2D eigenvalue weighted by atomic mass is 9.82. The van der Waals surface area contributed by atoms with Gasteiger partial charge < -0.3 is 10.4 Å². The molecule has 2 aliphatic rings. The highest BCUT2D eigenvalue weighted by Gasteiger charge is 2.37. The summed E-state index contributed by atoms with van der Waals surface area (Å²) in [6.45, 7) is 1.98. The molecule has 2 saturated carbocycles. The maximum atomic E-state index is 12.3. The largest absolute Gasteiger partial charge is 0.389 e. The fourth-order valence-electron chi connectivity index (χ4n) is 3.24. The van der Waals surface area contributed by atoms with Crippen molar-refractivity contribution < 1.29 is 9.90 Å². The van der Waals surface area contributed by atoms with Crippen LogP contribution >= 0.6 is 11.3 Å². The van der Waals surface area contributed by atoms with Crippen molar-refractivity contribution in [3.8, 4) is 0 Å². The van der Waals surface area contributed by atoms with Crippen LogP contribution in [0.4, 0.5) is 0 Å². The van der Waals surface area contributed by atoms with Crippen molar-refractivity contribution in [3.05, 3.63) is 16.1 Å². The minimum atomic E-state index is -0.783. The Labute approximate surface area is 130 Å². The van der Waals surface area contributed by atoms with Crippen molar-refractivity contribution in [3.63, 3.8) is 0 Å². The number of carbonyl (C=O) groups is 1. The molecule has 1 amide bonds. The summed E-state index contributed by atoms with van der Waals surface area (Å²) in [5, 5.41) is 16.7. The van der Waals surface area contributed by atoms with Crippen molar-refractivity contribution in [2.24, 2.45) is 5.92 Å². The monoisotopic (exact) mass is 308 g/mol. The fourth-order valence-corrected chi connectivity index (χ4v) is 4.17. The number of rotatable bonds is 5. The van der Waals surface area contributed by atoms with Crippen molar-refractivity contribution in [1.29, 1.82) is 0 Å². The normalized spacial score (nSPS) is 22.8. The zero-order valence-corrected chi connectivity index (χ0v) is 13.4. The predicted molar refractivity (Wildman–Crippen MR) is 83.1 cm³/mol. The summed E-state index contributed by atoms with van der Waals surface area (Å²) in [5.41, 5.74) is 0.232. The van der Waals surface area contributed by atoms with Crippen LogP contribution in [0.2, 0.25) is 0 Å². The number of aliphatic hydroxyl groups is 1. The number of amides is 1. The zero-order valence-electron chi connectivity index (χ0n) is 12.6. The van der Waals surface area contributed by atoms with Gasteiger partial charge in [0.1, 0.15) is 5.01 Å². The van der Waals surface area contributed by atoms with Gasteiger partial charge in [-0.1, -0.05) is 19.3 Å². The zero-order chi connectivity index (χ0) is 14.9. The molecule has 2 fully saturated rings. The maximum absolute atomic E-state index is 12.3. The Morgan fingerprint density at radius 3 is 2.76 bits per heavy atom. The standard InChI is InChI=1S/C16H24N2O2S/c1-11-10-21-15(17-11)14(12-5-6-12)18-13(19)9-16(20)7-3-2-4-8-16/h10,12,14,20H,2-9H2,1H3,(H,18,19). The van der Waals surface area contributed by atoms with E-state index in [4.69, 9.17) is 0 Å². The predicted octanol–water partition coefficient (Wildman–Crippen LogP) is 3.10. The Morgan fingerprint density at radius 2 is 2.19 bits per heavy atom. The molecule has 116 valence electrons. The molecule has 0 saturated heterocycles. The highest BCUT2D eigenvalue weighted by molar-refractivity contribution is 7.09. The van der Waals surface area contributed by atoms with Crippen molar-refractivity contribution in [1.82, 2.24) is 10.3 Å². The second kappa shape index (κ2) is 6.05. The van der Waals surface area contributed by atoms with Crippen LogP contribution in [0.3, 0.4) is 0 Å². The van der Waals surface area contributed by atoms with Crippen LogP contribution < -0.4 is 5.32 Å². The molecule has 0 radical (unpaired) electrons. The number of aromatic nitrogens is 1. The van der Waals surface area contributed by atoms with Crippen LogP contribution in [-0.4, -0.2) is 21.6 Å². The molecule has 1 unspecified atom stereocenters. The van der Waals surface area contributed by atoms with Crippen LogP contribution in [0.25, 0.3) is 0 Å². The molecule has 1 heterocycles. The summed E-state index contributed by atoms with van der Waals surface area (Å²) in [4.78, 5) is 16.9. The molecule has 1 aromatic rings. The molecule has 2 aliphatic carbocycles. The third-order valence-corrected chi connectivity index (χ3v) is 5.63. The van der Waals surface area contributed by atoms with E-state index in [1.165, 1.54) is 6.42 Å². The first-order valence-corrected chi connectivity index (χ1v) is 8.87. The van der Waals surface area contributed by atoms with Crippen molar-refractivity contribution in [2.45, 2.75) is 69.9 Å². The second-order valence-corrected chi connectivity index (χ2v) is 7.56. The molecule has 4 nitrogen and oxygen atoms in total. The molecule has 1 atom stereocenters. The Balaban J connectivity index is 1.61. The van der Waals surface area contributed by atoms with E-state index < -0.39 is 5.60 Å². The van der Waals surface area contributed by atoms with Gasteiger partial charge in [-0.15, -0.1) is 11.3 Å². The Hall–Kier alpha value is -0.940. The van der Waals surface area contributed by atoms with Gasteiger partial charge >= 0.3 is 0 Å². The summed E-state index contributed by atoms with van der Waals surface area (Å²) in [7, 11) is 0. The van der Waals surface area contributed by atoms with Gasteiger partial charge in [0.2, 0.25) is 5.91 Å². The van der Waals surface area contributed by atoms with E-state index in [0.717, 1.165) is 49.2 Å². The summed E-state index contributed by atoms with van der Waals surface area (Å²) >= 11 is 1.62. The van der Waals surface area contributed by atoms with E-state index in [1.807, 2.05) is 12.3 Å². The quantitative estimate of drug-likeness (QED) is 0.878. The second-order valence-electron chi connectivity index (χ2n) is 6.67. The summed E-state index contributed by atoms with van der Waals surface area (Å²) < 4.78 is 0. The smallest absolute Gasteiger partial charge is 0.223 e. The Morgan fingerprint density at radius 1 is 1.48 bits per heavy atom. The van der Waals surface area contributed by atoms with E-state index in [0.29, 0.717) is 5.92 Å². The van der Waals surface area contributed by atoms with Crippen molar-refractivity contribution in [2.75, 3.05) is 0 Å². The van der Waals surface area contributed by atoms with Gasteiger partial charge in [0.05, 0.1) is 18.1 Å². The molecule has 1 aromatic heterocycles. The first kappa shape index (κ1) is 15.0. The van der Waals surface area contributed by atoms with Gasteiger partial charge in [-0.2, -0.15) is 0 Å². The van der Waals surface area contributed by atoms with Crippen LogP contribution in [0, 0.1) is 12.8 Å². The number of thiazole rings is 1. The molecule has 2 N–H and O–H groups in total. The first-order valence-electron chi connectivity index (χ1n) is 7.99. The van der Waals surface area contributed by atoms with E-state index in [-0.39, 0.29) is 18.4 Å². The fraction of sp³-hybridized carbons (Fsp3) is 0.750. The highest BCUT2D eigenvalue weighted by Crippen LogP contribution is 2.42. The van der Waals surface area contributed by atoms with E-state index in [9.17, 15) is 9.90 Å². The van der Waals surface area contributed by atoms with Gasteiger partial charge in [0, 0.05) is 11.1 Å². The number of nitrogens with one attached hydrogen (secondary N) is 1. The molecular formula is C16H24N2O2S. The summed E-state index contributed by atoms with van der Waals surface area (Å²) in [6.07, 6.45) is 7.30. The maximum Gasteiger partial charge on any atom is 0.223 e. The van der Waals surface area contributed by atoms with Crippen LogP contribution in [0.5, 0.6) is 0 Å². The molecule has 0 bridgehead atoms. The van der Waals surface area contributed by atoms with Gasteiger partial charge in [-0.25, -0.2) is 4.98 Å². The third kappa shape index (κ3) is 3.83. The average molecular weight is 308 g/mol. The number of carbonyl (C=O) groups excluding carboxylic acids is 1. The lowest BCUT2D eigenvalue weighted by molar-refractivity contribution is -0.128. The molecule has 3 rings (SSSR count). The van der Waals surface area contributed by atoms with Crippen LogP contribution in [0.15, 0.2) is 5.38 Å². The molecule has 0 aromatic carbocycles. The first-order chi connectivity index (χ1) is 10.1. The van der Waals surface area contributed by atoms with Gasteiger partial charge in [0.15, 0.2) is 0 Å². The minimum Gasteiger partial charge on any atom is -0.389 e. The highest BCUT2D eigenvalue weighted by atomic mass is 32.1. The van der Waals surface area contributed by atoms with E-state index in [2.05, 4.69) is 10.3 Å². The van der Waals surface area contributed by atoms with Gasteiger partial charge in [-0.3, -0.25) is 4.79 Å². The van der Waals surface area contributed by atoms with Crippen molar-refractivity contribution >= 4 is 17.2 Å².